The third kappa shape index (κ3) is 3.72. The topological polar surface area (TPSA) is 67.0 Å². The third-order valence-electron chi connectivity index (χ3n) is 2.46. The lowest BCUT2D eigenvalue weighted by atomic mass is 10.2. The molecule has 19 heavy (non-hydrogen) atoms. The van der Waals surface area contributed by atoms with E-state index >= 15 is 0 Å². The molecular formula is C12H13F2N3O2. The standard InChI is InChI=1S/C12H13F2N3O2/c13-11(14)6-19-4-3-15-12(18)8-1-2-9-10(5-8)17-7-16-9/h1-2,5,7,11H,3-4,6H2,(H,15,18)(H,16,17). The van der Waals surface area contributed by atoms with Gasteiger partial charge < -0.3 is 15.0 Å². The van der Waals surface area contributed by atoms with Gasteiger partial charge in [-0.15, -0.1) is 0 Å². The summed E-state index contributed by atoms with van der Waals surface area (Å²) in [6.07, 6.45) is -0.941. The summed E-state index contributed by atoms with van der Waals surface area (Å²) in [6, 6.07) is 5.06. The number of carbonyl (C=O) groups excluding carboxylic acids is 1. The minimum atomic E-state index is -2.49. The molecule has 0 saturated heterocycles. The highest BCUT2D eigenvalue weighted by Gasteiger charge is 2.07. The van der Waals surface area contributed by atoms with Crippen LogP contribution in [-0.4, -0.2) is 42.1 Å². The number of imidazole rings is 1. The molecule has 2 aromatic rings. The molecule has 1 aromatic carbocycles. The van der Waals surface area contributed by atoms with Crippen LogP contribution in [0.1, 0.15) is 10.4 Å². The van der Waals surface area contributed by atoms with Gasteiger partial charge in [-0.1, -0.05) is 0 Å². The van der Waals surface area contributed by atoms with Gasteiger partial charge in [0.2, 0.25) is 0 Å². The van der Waals surface area contributed by atoms with Gasteiger partial charge in [-0.3, -0.25) is 4.79 Å². The van der Waals surface area contributed by atoms with Gasteiger partial charge in [-0.2, -0.15) is 0 Å². The Morgan fingerprint density at radius 3 is 3.11 bits per heavy atom. The van der Waals surface area contributed by atoms with Crippen molar-refractivity contribution in [3.8, 4) is 0 Å². The van der Waals surface area contributed by atoms with Crippen molar-refractivity contribution in [1.29, 1.82) is 0 Å². The molecular weight excluding hydrogens is 256 g/mol. The molecule has 1 aromatic heterocycles. The fraction of sp³-hybridized carbons (Fsp3) is 0.333. The van der Waals surface area contributed by atoms with Gasteiger partial charge >= 0.3 is 0 Å². The number of amides is 1. The second-order valence-corrected chi connectivity index (χ2v) is 3.86. The number of hydrogen-bond acceptors (Lipinski definition) is 3. The van der Waals surface area contributed by atoms with Crippen LogP contribution in [0, 0.1) is 0 Å². The lowest BCUT2D eigenvalue weighted by molar-refractivity contribution is 0.0188. The molecule has 0 saturated carbocycles. The van der Waals surface area contributed by atoms with Crippen molar-refractivity contribution in [2.45, 2.75) is 6.43 Å². The predicted molar refractivity (Wildman–Crippen MR) is 65.2 cm³/mol. The number of fused-ring (bicyclic) bond motifs is 1. The fourth-order valence-corrected chi connectivity index (χ4v) is 1.59. The normalized spacial score (nSPS) is 11.1. The molecule has 7 heteroatoms. The molecule has 1 heterocycles. The van der Waals surface area contributed by atoms with Crippen molar-refractivity contribution in [2.24, 2.45) is 0 Å². The molecule has 0 unspecified atom stereocenters. The number of benzene rings is 1. The average Bonchev–Trinajstić information content (AvgIpc) is 2.84. The second-order valence-electron chi connectivity index (χ2n) is 3.86. The largest absolute Gasteiger partial charge is 0.374 e. The maximum atomic E-state index is 11.8. The fourth-order valence-electron chi connectivity index (χ4n) is 1.59. The zero-order valence-electron chi connectivity index (χ0n) is 10.0. The van der Waals surface area contributed by atoms with Crippen molar-refractivity contribution < 1.29 is 18.3 Å². The van der Waals surface area contributed by atoms with Crippen molar-refractivity contribution in [2.75, 3.05) is 19.8 Å². The van der Waals surface area contributed by atoms with Crippen LogP contribution in [0.4, 0.5) is 8.78 Å². The Hall–Kier alpha value is -2.02. The Labute approximate surface area is 108 Å². The maximum Gasteiger partial charge on any atom is 0.261 e. The Kier molecular flexibility index (Phi) is 4.40. The molecule has 0 aliphatic rings. The number of H-pyrrole nitrogens is 1. The van der Waals surface area contributed by atoms with Crippen LogP contribution in [0.5, 0.6) is 0 Å². The lowest BCUT2D eigenvalue weighted by Crippen LogP contribution is -2.27. The average molecular weight is 269 g/mol. The molecule has 2 N–H and O–H groups in total. The Balaban J connectivity index is 1.82. The summed E-state index contributed by atoms with van der Waals surface area (Å²) in [5.41, 5.74) is 2.02. The summed E-state index contributed by atoms with van der Waals surface area (Å²) >= 11 is 0. The number of nitrogens with one attached hydrogen (secondary N) is 2. The summed E-state index contributed by atoms with van der Waals surface area (Å²) < 4.78 is 28.2. The van der Waals surface area contributed by atoms with Gasteiger partial charge in [0.15, 0.2) is 0 Å². The van der Waals surface area contributed by atoms with Gasteiger partial charge in [0.05, 0.1) is 24.0 Å². The molecule has 102 valence electrons. The molecule has 0 spiro atoms. The quantitative estimate of drug-likeness (QED) is 0.782. The molecule has 0 aliphatic heterocycles. The number of carbonyl (C=O) groups is 1. The maximum absolute atomic E-state index is 11.8. The number of aromatic amines is 1. The highest BCUT2D eigenvalue weighted by Crippen LogP contribution is 2.11. The molecule has 5 nitrogen and oxygen atoms in total. The number of nitrogens with zero attached hydrogens (tertiary/aromatic N) is 1. The summed E-state index contributed by atoms with van der Waals surface area (Å²) in [4.78, 5) is 18.7. The number of aromatic nitrogens is 2. The molecule has 0 bridgehead atoms. The SMILES string of the molecule is O=C(NCCOCC(F)F)c1ccc2nc[nH]c2c1. The van der Waals surface area contributed by atoms with Gasteiger partial charge in [-0.25, -0.2) is 13.8 Å². The number of ether oxygens (including phenoxy) is 1. The molecule has 0 fully saturated rings. The zero-order valence-corrected chi connectivity index (χ0v) is 10.0. The highest BCUT2D eigenvalue weighted by molar-refractivity contribution is 5.97. The van der Waals surface area contributed by atoms with E-state index in [9.17, 15) is 13.6 Å². The summed E-state index contributed by atoms with van der Waals surface area (Å²) in [6.45, 7) is -0.370. The van der Waals surface area contributed by atoms with Crippen LogP contribution in [-0.2, 0) is 4.74 Å². The van der Waals surface area contributed by atoms with Crippen LogP contribution >= 0.6 is 0 Å². The van der Waals surface area contributed by atoms with E-state index in [0.717, 1.165) is 11.0 Å². The second kappa shape index (κ2) is 6.24. The first-order valence-electron chi connectivity index (χ1n) is 5.74. The van der Waals surface area contributed by atoms with E-state index in [2.05, 4.69) is 20.0 Å². The van der Waals surface area contributed by atoms with Gasteiger partial charge in [-0.05, 0) is 18.2 Å². The minimum Gasteiger partial charge on any atom is -0.374 e. The van der Waals surface area contributed by atoms with E-state index in [0.29, 0.717) is 5.56 Å². The van der Waals surface area contributed by atoms with Crippen molar-refractivity contribution in [1.82, 2.24) is 15.3 Å². The third-order valence-corrected chi connectivity index (χ3v) is 2.46. The molecule has 0 atom stereocenters. The zero-order chi connectivity index (χ0) is 13.7. The van der Waals surface area contributed by atoms with E-state index in [1.807, 2.05) is 0 Å². The van der Waals surface area contributed by atoms with Crippen molar-refractivity contribution >= 4 is 16.9 Å². The first kappa shape index (κ1) is 13.4. The number of alkyl halides is 2. The smallest absolute Gasteiger partial charge is 0.261 e. The Morgan fingerprint density at radius 1 is 1.47 bits per heavy atom. The van der Waals surface area contributed by atoms with E-state index in [1.54, 1.807) is 24.5 Å². The first-order valence-corrected chi connectivity index (χ1v) is 5.74. The molecule has 0 radical (unpaired) electrons. The number of halogens is 2. The summed E-state index contributed by atoms with van der Waals surface area (Å²) in [5.74, 6) is -0.280. The Bertz CT molecular complexity index is 557. The van der Waals surface area contributed by atoms with Crippen LogP contribution < -0.4 is 5.32 Å². The molecule has 1 amide bonds. The number of hydrogen-bond donors (Lipinski definition) is 2. The van der Waals surface area contributed by atoms with Gasteiger partial charge in [0, 0.05) is 12.1 Å². The van der Waals surface area contributed by atoms with Crippen LogP contribution in [0.3, 0.4) is 0 Å². The lowest BCUT2D eigenvalue weighted by Gasteiger charge is -2.06. The number of rotatable bonds is 6. The van der Waals surface area contributed by atoms with E-state index in [4.69, 9.17) is 0 Å². The van der Waals surface area contributed by atoms with Crippen molar-refractivity contribution in [3.05, 3.63) is 30.1 Å². The summed E-state index contributed by atoms with van der Waals surface area (Å²) in [5, 5.41) is 2.59. The van der Waals surface area contributed by atoms with E-state index in [1.165, 1.54) is 0 Å². The van der Waals surface area contributed by atoms with Crippen LogP contribution in [0.15, 0.2) is 24.5 Å². The van der Waals surface area contributed by atoms with Gasteiger partial charge in [0.1, 0.15) is 6.61 Å². The minimum absolute atomic E-state index is 0.0579. The van der Waals surface area contributed by atoms with Crippen LogP contribution in [0.2, 0.25) is 0 Å². The molecule has 2 rings (SSSR count). The van der Waals surface area contributed by atoms with Gasteiger partial charge in [0.25, 0.3) is 12.3 Å². The van der Waals surface area contributed by atoms with E-state index in [-0.39, 0.29) is 19.1 Å². The first-order chi connectivity index (χ1) is 9.16. The van der Waals surface area contributed by atoms with Crippen molar-refractivity contribution in [3.63, 3.8) is 0 Å². The predicted octanol–water partition coefficient (Wildman–Crippen LogP) is 1.57. The van der Waals surface area contributed by atoms with E-state index < -0.39 is 13.0 Å². The van der Waals surface area contributed by atoms with Crippen LogP contribution in [0.25, 0.3) is 11.0 Å². The summed E-state index contributed by atoms with van der Waals surface area (Å²) in [7, 11) is 0. The monoisotopic (exact) mass is 269 g/mol. The Morgan fingerprint density at radius 2 is 2.32 bits per heavy atom. The molecule has 0 aliphatic carbocycles. The highest BCUT2D eigenvalue weighted by atomic mass is 19.3.